The number of rotatable bonds is 3. The van der Waals surface area contributed by atoms with Crippen LogP contribution in [-0.2, 0) is 15.9 Å². The minimum atomic E-state index is -3.37. The largest absolute Gasteiger partial charge is 0.243 e. The molecule has 1 heterocycles. The molecule has 0 spiro atoms. The number of hydrogen-bond donors (Lipinski definition) is 0. The second kappa shape index (κ2) is 5.81. The van der Waals surface area contributed by atoms with Gasteiger partial charge in [0, 0.05) is 19.0 Å². The third kappa shape index (κ3) is 3.12. The Labute approximate surface area is 120 Å². The van der Waals surface area contributed by atoms with Crippen LogP contribution < -0.4 is 0 Å². The molecule has 2 rings (SSSR count). The lowest BCUT2D eigenvalue weighted by molar-refractivity contribution is 0.288. The lowest BCUT2D eigenvalue weighted by Crippen LogP contribution is -2.38. The first-order valence-electron chi connectivity index (χ1n) is 6.61. The molecule has 0 atom stereocenters. The lowest BCUT2D eigenvalue weighted by Gasteiger charge is -2.30. The first-order chi connectivity index (χ1) is 8.95. The Morgan fingerprint density at radius 1 is 1.32 bits per heavy atom. The molecule has 106 valence electrons. The van der Waals surface area contributed by atoms with Crippen LogP contribution in [0.3, 0.4) is 0 Å². The summed E-state index contributed by atoms with van der Waals surface area (Å²) in [6.45, 7) is 5.24. The fourth-order valence-electron chi connectivity index (χ4n) is 2.37. The topological polar surface area (TPSA) is 37.4 Å². The summed E-state index contributed by atoms with van der Waals surface area (Å²) in [5.41, 5.74) is 1.63. The molecule has 1 aromatic carbocycles. The number of nitrogens with zero attached hydrogens (tertiary/aromatic N) is 1. The fourth-order valence-corrected chi connectivity index (χ4v) is 4.28. The van der Waals surface area contributed by atoms with Crippen molar-refractivity contribution in [2.24, 2.45) is 5.92 Å². The summed E-state index contributed by atoms with van der Waals surface area (Å²) in [7, 11) is -3.37. The molecule has 1 aromatic rings. The van der Waals surface area contributed by atoms with Gasteiger partial charge >= 0.3 is 0 Å². The summed E-state index contributed by atoms with van der Waals surface area (Å²) in [5, 5.41) is 0. The third-order valence-electron chi connectivity index (χ3n) is 3.77. The van der Waals surface area contributed by atoms with Crippen LogP contribution in [0.4, 0.5) is 0 Å². The van der Waals surface area contributed by atoms with Crippen LogP contribution in [0.2, 0.25) is 0 Å². The van der Waals surface area contributed by atoms with Gasteiger partial charge in [0.25, 0.3) is 0 Å². The summed E-state index contributed by atoms with van der Waals surface area (Å²) >= 11 is 5.80. The van der Waals surface area contributed by atoms with Crippen LogP contribution in [0.25, 0.3) is 0 Å². The molecule has 0 bridgehead atoms. The van der Waals surface area contributed by atoms with E-state index in [0.29, 0.717) is 29.8 Å². The maximum atomic E-state index is 12.7. The van der Waals surface area contributed by atoms with E-state index in [1.54, 1.807) is 10.4 Å². The van der Waals surface area contributed by atoms with E-state index in [4.69, 9.17) is 11.6 Å². The van der Waals surface area contributed by atoms with Crippen LogP contribution in [0, 0.1) is 12.8 Å². The molecule has 1 aliphatic heterocycles. The first kappa shape index (κ1) is 14.8. The Balaban J connectivity index is 2.34. The van der Waals surface area contributed by atoms with Gasteiger partial charge in [-0.2, -0.15) is 4.31 Å². The Morgan fingerprint density at radius 3 is 2.53 bits per heavy atom. The summed E-state index contributed by atoms with van der Waals surface area (Å²) < 4.78 is 26.9. The van der Waals surface area contributed by atoms with Gasteiger partial charge < -0.3 is 0 Å². The summed E-state index contributed by atoms with van der Waals surface area (Å²) in [6.07, 6.45) is 1.88. The maximum absolute atomic E-state index is 12.7. The molecule has 0 saturated carbocycles. The van der Waals surface area contributed by atoms with Crippen molar-refractivity contribution in [3.05, 3.63) is 29.3 Å². The van der Waals surface area contributed by atoms with Gasteiger partial charge in [-0.3, -0.25) is 0 Å². The summed E-state index contributed by atoms with van der Waals surface area (Å²) in [4.78, 5) is 0.403. The molecule has 0 unspecified atom stereocenters. The lowest BCUT2D eigenvalue weighted by atomic mass is 10.0. The Kier molecular flexibility index (Phi) is 4.54. The molecule has 0 aliphatic carbocycles. The van der Waals surface area contributed by atoms with Crippen molar-refractivity contribution < 1.29 is 8.42 Å². The quantitative estimate of drug-likeness (QED) is 0.804. The molecule has 1 aliphatic rings. The van der Waals surface area contributed by atoms with Gasteiger partial charge in [-0.05, 0) is 42.9 Å². The Bertz CT molecular complexity index is 549. The van der Waals surface area contributed by atoms with E-state index in [1.807, 2.05) is 19.1 Å². The second-order valence-corrected chi connectivity index (χ2v) is 7.49. The van der Waals surface area contributed by atoms with Crippen molar-refractivity contribution in [3.8, 4) is 0 Å². The minimum Gasteiger partial charge on any atom is -0.207 e. The van der Waals surface area contributed by atoms with Crippen LogP contribution in [0.5, 0.6) is 0 Å². The Morgan fingerprint density at radius 2 is 1.95 bits per heavy atom. The number of piperidine rings is 1. The number of hydrogen-bond acceptors (Lipinski definition) is 2. The molecule has 1 saturated heterocycles. The number of benzene rings is 1. The van der Waals surface area contributed by atoms with Gasteiger partial charge in [-0.1, -0.05) is 19.1 Å². The number of alkyl halides is 1. The van der Waals surface area contributed by atoms with Crippen LogP contribution in [0.15, 0.2) is 23.1 Å². The van der Waals surface area contributed by atoms with E-state index >= 15 is 0 Å². The van der Waals surface area contributed by atoms with Crippen molar-refractivity contribution in [2.45, 2.75) is 37.5 Å². The number of sulfonamides is 1. The monoisotopic (exact) mass is 301 g/mol. The Hall–Kier alpha value is -0.580. The smallest absolute Gasteiger partial charge is 0.207 e. The van der Waals surface area contributed by atoms with E-state index in [1.165, 1.54) is 0 Å². The van der Waals surface area contributed by atoms with Gasteiger partial charge in [0.15, 0.2) is 0 Å². The van der Waals surface area contributed by atoms with Crippen molar-refractivity contribution in [1.29, 1.82) is 0 Å². The van der Waals surface area contributed by atoms with Gasteiger partial charge in [-0.25, -0.2) is 8.42 Å². The molecule has 19 heavy (non-hydrogen) atoms. The van der Waals surface area contributed by atoms with E-state index in [2.05, 4.69) is 6.92 Å². The SMILES string of the molecule is Cc1ccc(CCl)cc1S(=O)(=O)N1CCC(C)CC1. The van der Waals surface area contributed by atoms with Gasteiger partial charge in [0.1, 0.15) is 0 Å². The van der Waals surface area contributed by atoms with Crippen molar-refractivity contribution in [3.63, 3.8) is 0 Å². The average molecular weight is 302 g/mol. The predicted octanol–water partition coefficient (Wildman–Crippen LogP) is 3.15. The highest BCUT2D eigenvalue weighted by Gasteiger charge is 2.29. The van der Waals surface area contributed by atoms with Crippen molar-refractivity contribution in [1.82, 2.24) is 4.31 Å². The first-order valence-corrected chi connectivity index (χ1v) is 8.58. The highest BCUT2D eigenvalue weighted by atomic mass is 35.5. The van der Waals surface area contributed by atoms with E-state index < -0.39 is 10.0 Å². The van der Waals surface area contributed by atoms with E-state index in [-0.39, 0.29) is 0 Å². The maximum Gasteiger partial charge on any atom is 0.243 e. The normalized spacial score (nSPS) is 18.7. The average Bonchev–Trinajstić information content (AvgIpc) is 2.39. The molecular formula is C14H20ClNO2S. The molecular weight excluding hydrogens is 282 g/mol. The fraction of sp³-hybridized carbons (Fsp3) is 0.571. The van der Waals surface area contributed by atoms with E-state index in [0.717, 1.165) is 24.0 Å². The van der Waals surface area contributed by atoms with Crippen LogP contribution in [-0.4, -0.2) is 25.8 Å². The summed E-state index contributed by atoms with van der Waals surface area (Å²) in [5.74, 6) is 0.946. The molecule has 0 amide bonds. The summed E-state index contributed by atoms with van der Waals surface area (Å²) in [6, 6.07) is 5.41. The van der Waals surface area contributed by atoms with Gasteiger partial charge in [-0.15, -0.1) is 11.6 Å². The third-order valence-corrected chi connectivity index (χ3v) is 6.12. The molecule has 3 nitrogen and oxygen atoms in total. The molecule has 0 radical (unpaired) electrons. The van der Waals surface area contributed by atoms with Crippen LogP contribution in [0.1, 0.15) is 30.9 Å². The van der Waals surface area contributed by atoms with Crippen molar-refractivity contribution >= 4 is 21.6 Å². The highest BCUT2D eigenvalue weighted by molar-refractivity contribution is 7.89. The molecule has 5 heteroatoms. The molecule has 1 fully saturated rings. The molecule has 0 aromatic heterocycles. The zero-order chi connectivity index (χ0) is 14.0. The van der Waals surface area contributed by atoms with Gasteiger partial charge in [0.05, 0.1) is 4.90 Å². The minimum absolute atomic E-state index is 0.333. The predicted molar refractivity (Wildman–Crippen MR) is 77.9 cm³/mol. The standard InChI is InChI=1S/C14H20ClNO2S/c1-11-5-7-16(8-6-11)19(17,18)14-9-13(10-15)4-3-12(14)2/h3-4,9,11H,5-8,10H2,1-2H3. The number of halogens is 1. The van der Waals surface area contributed by atoms with Crippen LogP contribution >= 0.6 is 11.6 Å². The van der Waals surface area contributed by atoms with E-state index in [9.17, 15) is 8.42 Å². The number of aryl methyl sites for hydroxylation is 1. The van der Waals surface area contributed by atoms with Gasteiger partial charge in [0.2, 0.25) is 10.0 Å². The highest BCUT2D eigenvalue weighted by Crippen LogP contribution is 2.26. The van der Waals surface area contributed by atoms with Crippen molar-refractivity contribution in [2.75, 3.05) is 13.1 Å². The molecule has 0 N–H and O–H groups in total. The second-order valence-electron chi connectivity index (χ2n) is 5.32. The zero-order valence-electron chi connectivity index (χ0n) is 11.4. The zero-order valence-corrected chi connectivity index (χ0v) is 13.0.